The molecule has 0 fully saturated rings. The van der Waals surface area contributed by atoms with E-state index in [0.29, 0.717) is 0 Å². The lowest BCUT2D eigenvalue weighted by atomic mass is 10.1. The average molecular weight is 336 g/mol. The molecule has 2 rings (SSSR count). The SMILES string of the molecule is CCc1nn(CC)c(CNc2cccc(C)c2C)c1Br. The van der Waals surface area contributed by atoms with Gasteiger partial charge in [-0.2, -0.15) is 5.10 Å². The van der Waals surface area contributed by atoms with Gasteiger partial charge in [0.05, 0.1) is 22.4 Å². The lowest BCUT2D eigenvalue weighted by molar-refractivity contribution is 0.619. The van der Waals surface area contributed by atoms with Crippen LogP contribution in [0.2, 0.25) is 0 Å². The highest BCUT2D eigenvalue weighted by Crippen LogP contribution is 2.24. The van der Waals surface area contributed by atoms with Gasteiger partial charge in [0.1, 0.15) is 0 Å². The third-order valence-corrected chi connectivity index (χ3v) is 4.66. The maximum Gasteiger partial charge on any atom is 0.0767 e. The zero-order chi connectivity index (χ0) is 14.7. The molecule has 0 saturated carbocycles. The van der Waals surface area contributed by atoms with Crippen molar-refractivity contribution in [3.63, 3.8) is 0 Å². The summed E-state index contributed by atoms with van der Waals surface area (Å²) in [5, 5.41) is 8.16. The fourth-order valence-electron chi connectivity index (χ4n) is 2.31. The minimum absolute atomic E-state index is 0.783. The van der Waals surface area contributed by atoms with E-state index in [4.69, 9.17) is 0 Å². The fourth-order valence-corrected chi connectivity index (χ4v) is 3.01. The lowest BCUT2D eigenvalue weighted by Gasteiger charge is -2.12. The van der Waals surface area contributed by atoms with Crippen LogP contribution in [0.4, 0.5) is 5.69 Å². The number of benzene rings is 1. The molecule has 0 aliphatic rings. The first kappa shape index (κ1) is 15.1. The highest BCUT2D eigenvalue weighted by Gasteiger charge is 2.13. The summed E-state index contributed by atoms with van der Waals surface area (Å²) in [4.78, 5) is 0. The predicted molar refractivity (Wildman–Crippen MR) is 88.2 cm³/mol. The number of nitrogens with zero attached hydrogens (tertiary/aromatic N) is 2. The van der Waals surface area contributed by atoms with Gasteiger partial charge in [0.25, 0.3) is 0 Å². The molecule has 0 aliphatic heterocycles. The molecular weight excluding hydrogens is 314 g/mol. The number of hydrogen-bond donors (Lipinski definition) is 1. The summed E-state index contributed by atoms with van der Waals surface area (Å²) < 4.78 is 3.21. The number of hydrogen-bond acceptors (Lipinski definition) is 2. The van der Waals surface area contributed by atoms with Crippen LogP contribution < -0.4 is 5.32 Å². The Hall–Kier alpha value is -1.29. The molecule has 4 heteroatoms. The Balaban J connectivity index is 2.22. The third-order valence-electron chi connectivity index (χ3n) is 3.75. The highest BCUT2D eigenvalue weighted by atomic mass is 79.9. The second-order valence-electron chi connectivity index (χ2n) is 4.98. The normalized spacial score (nSPS) is 10.8. The van der Waals surface area contributed by atoms with Gasteiger partial charge in [0.2, 0.25) is 0 Å². The molecule has 1 heterocycles. The van der Waals surface area contributed by atoms with Gasteiger partial charge in [-0.25, -0.2) is 0 Å². The van der Waals surface area contributed by atoms with Crippen molar-refractivity contribution in [1.82, 2.24) is 9.78 Å². The van der Waals surface area contributed by atoms with Gasteiger partial charge in [0, 0.05) is 12.2 Å². The third kappa shape index (κ3) is 2.90. The fraction of sp³-hybridized carbons (Fsp3) is 0.438. The van der Waals surface area contributed by atoms with E-state index in [9.17, 15) is 0 Å². The minimum Gasteiger partial charge on any atom is -0.379 e. The number of nitrogens with one attached hydrogen (secondary N) is 1. The van der Waals surface area contributed by atoms with Gasteiger partial charge in [-0.15, -0.1) is 0 Å². The molecule has 1 aromatic carbocycles. The van der Waals surface area contributed by atoms with E-state index in [1.807, 2.05) is 0 Å². The van der Waals surface area contributed by atoms with Crippen LogP contribution in [0.25, 0.3) is 0 Å². The van der Waals surface area contributed by atoms with Crippen molar-refractivity contribution in [2.45, 2.75) is 47.2 Å². The molecule has 0 atom stereocenters. The van der Waals surface area contributed by atoms with Crippen LogP contribution >= 0.6 is 15.9 Å². The molecule has 0 amide bonds. The second-order valence-corrected chi connectivity index (χ2v) is 5.77. The molecule has 0 saturated heterocycles. The van der Waals surface area contributed by atoms with Gasteiger partial charge < -0.3 is 5.32 Å². The molecule has 1 aromatic heterocycles. The summed E-state index contributed by atoms with van der Waals surface area (Å²) in [5.74, 6) is 0. The molecule has 0 unspecified atom stereocenters. The van der Waals surface area contributed by atoms with Gasteiger partial charge in [-0.1, -0.05) is 19.1 Å². The Morgan fingerprint density at radius 2 is 2.00 bits per heavy atom. The summed E-state index contributed by atoms with van der Waals surface area (Å²) >= 11 is 3.69. The van der Waals surface area contributed by atoms with E-state index < -0.39 is 0 Å². The molecule has 3 nitrogen and oxygen atoms in total. The molecule has 0 bridgehead atoms. The molecule has 1 N–H and O–H groups in total. The molecule has 2 aromatic rings. The van der Waals surface area contributed by atoms with Crippen LogP contribution in [-0.2, 0) is 19.5 Å². The number of aryl methyl sites for hydroxylation is 3. The Bertz CT molecular complexity index is 602. The molecule has 0 aliphatic carbocycles. The van der Waals surface area contributed by atoms with Crippen molar-refractivity contribution in [3.05, 3.63) is 45.2 Å². The van der Waals surface area contributed by atoms with E-state index in [1.54, 1.807) is 0 Å². The van der Waals surface area contributed by atoms with Crippen LogP contribution in [0, 0.1) is 13.8 Å². The van der Waals surface area contributed by atoms with Crippen LogP contribution in [0.5, 0.6) is 0 Å². The maximum absolute atomic E-state index is 4.63. The number of halogens is 1. The summed E-state index contributed by atoms with van der Waals surface area (Å²) in [6.45, 7) is 10.2. The van der Waals surface area contributed by atoms with Gasteiger partial charge in [-0.05, 0) is 60.3 Å². The summed E-state index contributed by atoms with van der Waals surface area (Å²) in [7, 11) is 0. The number of aromatic nitrogens is 2. The first-order valence-electron chi connectivity index (χ1n) is 7.12. The molecule has 0 radical (unpaired) electrons. The smallest absolute Gasteiger partial charge is 0.0767 e. The van der Waals surface area contributed by atoms with E-state index in [-0.39, 0.29) is 0 Å². The standard InChI is InChI=1S/C16H22BrN3/c1-5-13-16(17)15(20(6-2)19-13)10-18-14-9-7-8-11(3)12(14)4/h7-9,18H,5-6,10H2,1-4H3. The Labute approximate surface area is 129 Å². The molecular formula is C16H22BrN3. The number of rotatable bonds is 5. The van der Waals surface area contributed by atoms with Crippen molar-refractivity contribution in [2.24, 2.45) is 0 Å². The average Bonchev–Trinajstić information content (AvgIpc) is 2.76. The van der Waals surface area contributed by atoms with Crippen molar-refractivity contribution in [2.75, 3.05) is 5.32 Å². The van der Waals surface area contributed by atoms with Gasteiger partial charge >= 0.3 is 0 Å². The first-order chi connectivity index (χ1) is 9.58. The van der Waals surface area contributed by atoms with Crippen molar-refractivity contribution in [1.29, 1.82) is 0 Å². The molecule has 20 heavy (non-hydrogen) atoms. The van der Waals surface area contributed by atoms with E-state index >= 15 is 0 Å². The van der Waals surface area contributed by atoms with Crippen molar-refractivity contribution >= 4 is 21.6 Å². The minimum atomic E-state index is 0.783. The zero-order valence-electron chi connectivity index (χ0n) is 12.6. The van der Waals surface area contributed by atoms with Gasteiger partial charge in [-0.3, -0.25) is 4.68 Å². The quantitative estimate of drug-likeness (QED) is 0.874. The Morgan fingerprint density at radius 1 is 1.25 bits per heavy atom. The Kier molecular flexibility index (Phi) is 4.86. The van der Waals surface area contributed by atoms with Crippen LogP contribution in [0.15, 0.2) is 22.7 Å². The first-order valence-corrected chi connectivity index (χ1v) is 7.91. The van der Waals surface area contributed by atoms with E-state index in [0.717, 1.165) is 29.7 Å². The second kappa shape index (κ2) is 6.44. The largest absolute Gasteiger partial charge is 0.379 e. The zero-order valence-corrected chi connectivity index (χ0v) is 14.2. The lowest BCUT2D eigenvalue weighted by Crippen LogP contribution is -2.09. The van der Waals surface area contributed by atoms with Crippen molar-refractivity contribution < 1.29 is 0 Å². The topological polar surface area (TPSA) is 29.9 Å². The maximum atomic E-state index is 4.63. The van der Waals surface area contributed by atoms with Crippen LogP contribution in [0.1, 0.15) is 36.4 Å². The summed E-state index contributed by atoms with van der Waals surface area (Å²) in [6.07, 6.45) is 0.948. The summed E-state index contributed by atoms with van der Waals surface area (Å²) in [5.41, 5.74) is 6.16. The van der Waals surface area contributed by atoms with E-state index in [1.165, 1.54) is 22.5 Å². The van der Waals surface area contributed by atoms with Crippen LogP contribution in [0.3, 0.4) is 0 Å². The molecule has 0 spiro atoms. The van der Waals surface area contributed by atoms with Crippen molar-refractivity contribution in [3.8, 4) is 0 Å². The van der Waals surface area contributed by atoms with E-state index in [2.05, 4.69) is 76.9 Å². The Morgan fingerprint density at radius 3 is 2.65 bits per heavy atom. The highest BCUT2D eigenvalue weighted by molar-refractivity contribution is 9.10. The summed E-state index contributed by atoms with van der Waals surface area (Å²) in [6, 6.07) is 6.36. The predicted octanol–water partition coefficient (Wildman–Crippen LogP) is 4.46. The van der Waals surface area contributed by atoms with Crippen LogP contribution in [-0.4, -0.2) is 9.78 Å². The molecule has 108 valence electrons. The number of anilines is 1. The monoisotopic (exact) mass is 335 g/mol. The van der Waals surface area contributed by atoms with Gasteiger partial charge in [0.15, 0.2) is 0 Å².